The molecule has 4 nitrogen and oxygen atoms in total. The second kappa shape index (κ2) is 6.22. The first-order chi connectivity index (χ1) is 8.62. The maximum atomic E-state index is 12.0. The lowest BCUT2D eigenvalue weighted by atomic mass is 10.3. The van der Waals surface area contributed by atoms with Crippen LogP contribution in [0.5, 0.6) is 0 Å². The van der Waals surface area contributed by atoms with Crippen molar-refractivity contribution in [3.05, 3.63) is 28.2 Å². The van der Waals surface area contributed by atoms with Gasteiger partial charge in [-0.15, -0.1) is 4.31 Å². The van der Waals surface area contributed by atoms with Crippen LogP contribution in [-0.4, -0.2) is 26.7 Å². The Morgan fingerprint density at radius 3 is 2.37 bits per heavy atom. The highest BCUT2D eigenvalue weighted by atomic mass is 35.5. The predicted molar refractivity (Wildman–Crippen MR) is 81.1 cm³/mol. The molecule has 1 N–H and O–H groups in total. The van der Waals surface area contributed by atoms with E-state index >= 15 is 0 Å². The molecule has 0 aliphatic carbocycles. The van der Waals surface area contributed by atoms with Crippen molar-refractivity contribution >= 4 is 46.3 Å². The Kier molecular flexibility index (Phi) is 5.38. The summed E-state index contributed by atoms with van der Waals surface area (Å²) < 4.78 is 12.7. The topological polar surface area (TPSA) is 55.4 Å². The van der Waals surface area contributed by atoms with E-state index in [1.54, 1.807) is 32.9 Å². The molecule has 0 radical (unpaired) electrons. The Hall–Kier alpha value is -0.620. The van der Waals surface area contributed by atoms with Gasteiger partial charge in [0.25, 0.3) is 0 Å². The van der Waals surface area contributed by atoms with Gasteiger partial charge in [-0.05, 0) is 39.0 Å². The van der Waals surface area contributed by atoms with Crippen molar-refractivity contribution in [2.24, 2.45) is 0 Å². The average molecular weight is 323 g/mol. The molecule has 0 aromatic heterocycles. The molecule has 0 saturated heterocycles. The summed E-state index contributed by atoms with van der Waals surface area (Å²) in [6.45, 7) is 5.39. The maximum absolute atomic E-state index is 12.0. The van der Waals surface area contributed by atoms with Gasteiger partial charge in [0, 0.05) is 5.69 Å². The van der Waals surface area contributed by atoms with Crippen LogP contribution in [0.2, 0.25) is 10.0 Å². The van der Waals surface area contributed by atoms with Gasteiger partial charge in [0.1, 0.15) is 4.75 Å². The second-order valence-electron chi connectivity index (χ2n) is 4.92. The predicted octanol–water partition coefficient (Wildman–Crippen LogP) is 3.92. The van der Waals surface area contributed by atoms with E-state index in [1.165, 1.54) is 13.1 Å². The Balaban J connectivity index is 2.77. The lowest BCUT2D eigenvalue weighted by Crippen LogP contribution is -2.45. The number of halogens is 2. The normalized spacial score (nSPS) is 13.0. The number of anilines is 1. The minimum absolute atomic E-state index is 0.346. The van der Waals surface area contributed by atoms with Gasteiger partial charge in [0.05, 0.1) is 28.5 Å². The summed E-state index contributed by atoms with van der Waals surface area (Å²) in [5, 5.41) is 3.37. The molecule has 0 heterocycles. The fourth-order valence-corrected chi connectivity index (χ4v) is 2.58. The van der Waals surface area contributed by atoms with Crippen LogP contribution in [0.15, 0.2) is 18.2 Å². The summed E-state index contributed by atoms with van der Waals surface area (Å²) in [5.74, 6) is 0. The number of hydrogen-bond donors (Lipinski definition) is 1. The van der Waals surface area contributed by atoms with E-state index in [9.17, 15) is 9.35 Å². The van der Waals surface area contributed by atoms with Gasteiger partial charge < -0.3 is 9.87 Å². The Morgan fingerprint density at radius 2 is 1.89 bits per heavy atom. The fraction of sp³-hybridized carbons (Fsp3) is 0.417. The quantitative estimate of drug-likeness (QED) is 0.839. The van der Waals surface area contributed by atoms with Gasteiger partial charge in [-0.3, -0.25) is 0 Å². The number of rotatable bonds is 2. The zero-order valence-electron chi connectivity index (χ0n) is 11.2. The van der Waals surface area contributed by atoms with Crippen LogP contribution in [0, 0.1) is 0 Å². The first kappa shape index (κ1) is 16.4. The van der Waals surface area contributed by atoms with Crippen molar-refractivity contribution in [3.8, 4) is 0 Å². The molecule has 1 atom stereocenters. The smallest absolute Gasteiger partial charge is 0.362 e. The van der Waals surface area contributed by atoms with Gasteiger partial charge in [-0.1, -0.05) is 23.2 Å². The highest BCUT2D eigenvalue weighted by molar-refractivity contribution is 7.90. The molecular formula is C12H16Cl2N2O2S. The number of nitrogens with one attached hydrogen (secondary N) is 1. The van der Waals surface area contributed by atoms with Crippen molar-refractivity contribution in [1.29, 1.82) is 0 Å². The lowest BCUT2D eigenvalue weighted by Gasteiger charge is -2.29. The molecule has 1 aromatic rings. The average Bonchev–Trinajstić information content (AvgIpc) is 2.30. The third-order valence-corrected chi connectivity index (χ3v) is 4.68. The van der Waals surface area contributed by atoms with E-state index < -0.39 is 22.1 Å². The molecule has 0 saturated carbocycles. The minimum atomic E-state index is -1.43. The summed E-state index contributed by atoms with van der Waals surface area (Å²) in [6, 6.07) is 4.28. The molecule has 1 unspecified atom stereocenters. The van der Waals surface area contributed by atoms with Crippen LogP contribution in [0.4, 0.5) is 10.5 Å². The van der Waals surface area contributed by atoms with Crippen LogP contribution in [-0.2, 0) is 11.4 Å². The molecule has 7 heteroatoms. The fourth-order valence-electron chi connectivity index (χ4n) is 1.26. The molecule has 0 fully saturated rings. The number of hydrogen-bond acceptors (Lipinski definition) is 2. The Morgan fingerprint density at radius 1 is 1.32 bits per heavy atom. The molecule has 2 amide bonds. The Labute approximate surface area is 126 Å². The van der Waals surface area contributed by atoms with Gasteiger partial charge >= 0.3 is 6.03 Å². The van der Waals surface area contributed by atoms with Gasteiger partial charge in [0.15, 0.2) is 0 Å². The summed E-state index contributed by atoms with van der Waals surface area (Å²) in [6.07, 6.45) is 0. The SMILES string of the molecule is CN(C(=O)Nc1ccc(Cl)c(Cl)c1)[S+]([O-])C(C)(C)C. The van der Waals surface area contributed by atoms with E-state index in [1.807, 2.05) is 0 Å². The number of carbonyl (C=O) groups is 1. The third kappa shape index (κ3) is 4.45. The monoisotopic (exact) mass is 322 g/mol. The van der Waals surface area contributed by atoms with Gasteiger partial charge in [-0.25, -0.2) is 4.79 Å². The summed E-state index contributed by atoms with van der Waals surface area (Å²) in [7, 11) is 1.48. The van der Waals surface area contributed by atoms with Crippen molar-refractivity contribution in [2.45, 2.75) is 25.5 Å². The molecule has 0 spiro atoms. The first-order valence-electron chi connectivity index (χ1n) is 5.54. The first-order valence-corrected chi connectivity index (χ1v) is 7.41. The van der Waals surface area contributed by atoms with E-state index in [0.29, 0.717) is 15.7 Å². The molecule has 0 aliphatic heterocycles. The molecule has 0 bridgehead atoms. The summed E-state index contributed by atoms with van der Waals surface area (Å²) in [5.41, 5.74) is 0.497. The van der Waals surface area contributed by atoms with Crippen LogP contribution < -0.4 is 5.32 Å². The van der Waals surface area contributed by atoms with Crippen molar-refractivity contribution in [2.75, 3.05) is 12.4 Å². The van der Waals surface area contributed by atoms with Gasteiger partial charge in [0.2, 0.25) is 0 Å². The van der Waals surface area contributed by atoms with Crippen molar-refractivity contribution in [3.63, 3.8) is 0 Å². The van der Waals surface area contributed by atoms with Crippen LogP contribution in [0.3, 0.4) is 0 Å². The van der Waals surface area contributed by atoms with Crippen LogP contribution >= 0.6 is 23.2 Å². The highest BCUT2D eigenvalue weighted by Gasteiger charge is 2.34. The van der Waals surface area contributed by atoms with Crippen molar-refractivity contribution < 1.29 is 9.35 Å². The largest absolute Gasteiger partial charge is 0.592 e. The van der Waals surface area contributed by atoms with E-state index in [2.05, 4.69) is 5.32 Å². The number of nitrogens with zero attached hydrogens (tertiary/aromatic N) is 1. The highest BCUT2D eigenvalue weighted by Crippen LogP contribution is 2.26. The summed E-state index contributed by atoms with van der Waals surface area (Å²) >= 11 is 10.2. The molecule has 1 rings (SSSR count). The number of amides is 2. The van der Waals surface area contributed by atoms with Gasteiger partial charge in [-0.2, -0.15) is 0 Å². The number of benzene rings is 1. The molecule has 19 heavy (non-hydrogen) atoms. The van der Waals surface area contributed by atoms with Crippen molar-refractivity contribution in [1.82, 2.24) is 4.31 Å². The molecule has 106 valence electrons. The third-order valence-electron chi connectivity index (χ3n) is 2.23. The number of carbonyl (C=O) groups excluding carboxylic acids is 1. The lowest BCUT2D eigenvalue weighted by molar-refractivity contribution is 0.240. The zero-order valence-corrected chi connectivity index (χ0v) is 13.5. The number of urea groups is 1. The van der Waals surface area contributed by atoms with Crippen LogP contribution in [0.1, 0.15) is 20.8 Å². The second-order valence-corrected chi connectivity index (χ2v) is 8.00. The zero-order chi connectivity index (χ0) is 14.8. The standard InChI is InChI=1S/C12H16Cl2N2O2S/c1-12(2,3)19(18)16(4)11(17)15-8-5-6-9(13)10(14)7-8/h5-7H,1-4H3,(H,15,17). The molecular weight excluding hydrogens is 307 g/mol. The minimum Gasteiger partial charge on any atom is -0.592 e. The van der Waals surface area contributed by atoms with Crippen LogP contribution in [0.25, 0.3) is 0 Å². The van der Waals surface area contributed by atoms with E-state index in [0.717, 1.165) is 4.31 Å². The molecule has 1 aromatic carbocycles. The van der Waals surface area contributed by atoms with E-state index in [4.69, 9.17) is 23.2 Å². The maximum Gasteiger partial charge on any atom is 0.362 e. The molecule has 0 aliphatic rings. The van der Waals surface area contributed by atoms with E-state index in [-0.39, 0.29) is 0 Å². The summed E-state index contributed by atoms with van der Waals surface area (Å²) in [4.78, 5) is 11.9. The Bertz CT molecular complexity index is 477.